The van der Waals surface area contributed by atoms with Crippen molar-refractivity contribution in [2.24, 2.45) is 0 Å². The Morgan fingerprint density at radius 1 is 1.33 bits per heavy atom. The van der Waals surface area contributed by atoms with Gasteiger partial charge in [-0.2, -0.15) is 0 Å². The van der Waals surface area contributed by atoms with E-state index in [1.807, 2.05) is 19.1 Å². The van der Waals surface area contributed by atoms with E-state index in [0.717, 1.165) is 12.0 Å². The summed E-state index contributed by atoms with van der Waals surface area (Å²) in [6, 6.07) is 7.39. The number of aromatic hydroxyl groups is 1. The van der Waals surface area contributed by atoms with E-state index >= 15 is 0 Å². The van der Waals surface area contributed by atoms with Crippen LogP contribution in [0.3, 0.4) is 0 Å². The van der Waals surface area contributed by atoms with E-state index in [2.05, 4.69) is 5.32 Å². The summed E-state index contributed by atoms with van der Waals surface area (Å²) in [7, 11) is 0. The van der Waals surface area contributed by atoms with Gasteiger partial charge in [0.1, 0.15) is 5.75 Å². The zero-order chi connectivity index (χ0) is 11.3. The van der Waals surface area contributed by atoms with Gasteiger partial charge in [-0.1, -0.05) is 25.1 Å². The van der Waals surface area contributed by atoms with Crippen molar-refractivity contribution < 1.29 is 10.2 Å². The molecule has 3 nitrogen and oxygen atoms in total. The van der Waals surface area contributed by atoms with Gasteiger partial charge in [0.25, 0.3) is 0 Å². The van der Waals surface area contributed by atoms with E-state index < -0.39 is 0 Å². The lowest BCUT2D eigenvalue weighted by atomic mass is 10.0. The number of hydrogen-bond acceptors (Lipinski definition) is 3. The van der Waals surface area contributed by atoms with Crippen molar-refractivity contribution in [2.45, 2.75) is 32.4 Å². The van der Waals surface area contributed by atoms with Gasteiger partial charge >= 0.3 is 0 Å². The van der Waals surface area contributed by atoms with Gasteiger partial charge in [0.2, 0.25) is 0 Å². The minimum Gasteiger partial charge on any atom is -0.508 e. The highest BCUT2D eigenvalue weighted by Gasteiger charge is 2.12. The molecule has 0 aliphatic heterocycles. The first-order chi connectivity index (χ1) is 7.15. The zero-order valence-electron chi connectivity index (χ0n) is 9.27. The Hall–Kier alpha value is -1.06. The molecule has 0 fully saturated rings. The number of rotatable bonds is 5. The first-order valence-corrected chi connectivity index (χ1v) is 5.34. The maximum absolute atomic E-state index is 9.67. The molecule has 2 atom stereocenters. The summed E-state index contributed by atoms with van der Waals surface area (Å²) in [6.07, 6.45) is 0.509. The first kappa shape index (κ1) is 12.0. The van der Waals surface area contributed by atoms with Crippen molar-refractivity contribution in [3.05, 3.63) is 29.8 Å². The number of phenolic OH excluding ortho intramolecular Hbond substituents is 1. The molecule has 0 amide bonds. The molecule has 3 N–H and O–H groups in total. The van der Waals surface area contributed by atoms with Crippen LogP contribution >= 0.6 is 0 Å². The Labute approximate surface area is 90.8 Å². The van der Waals surface area contributed by atoms with Gasteiger partial charge in [0, 0.05) is 18.2 Å². The molecule has 1 rings (SSSR count). The molecule has 0 heterocycles. The lowest BCUT2D eigenvalue weighted by Gasteiger charge is -2.19. The third-order valence-electron chi connectivity index (χ3n) is 2.38. The van der Waals surface area contributed by atoms with Crippen LogP contribution < -0.4 is 5.32 Å². The van der Waals surface area contributed by atoms with Gasteiger partial charge in [-0.15, -0.1) is 0 Å². The minimum atomic E-state index is -0.370. The predicted octanol–water partition coefficient (Wildman–Crippen LogP) is 1.81. The summed E-state index contributed by atoms with van der Waals surface area (Å²) in [5.74, 6) is 0.308. The predicted molar refractivity (Wildman–Crippen MR) is 60.8 cm³/mol. The maximum atomic E-state index is 9.67. The summed E-state index contributed by atoms with van der Waals surface area (Å²) in [5, 5.41) is 22.1. The fourth-order valence-corrected chi connectivity index (χ4v) is 1.57. The smallest absolute Gasteiger partial charge is 0.120 e. The molecule has 1 aromatic rings. The quantitative estimate of drug-likeness (QED) is 0.693. The van der Waals surface area contributed by atoms with Crippen LogP contribution in [0.2, 0.25) is 0 Å². The van der Waals surface area contributed by atoms with Gasteiger partial charge in [0.15, 0.2) is 0 Å². The van der Waals surface area contributed by atoms with Gasteiger partial charge in [-0.05, 0) is 19.4 Å². The number of benzene rings is 1. The van der Waals surface area contributed by atoms with Crippen molar-refractivity contribution in [3.8, 4) is 5.75 Å². The molecule has 15 heavy (non-hydrogen) atoms. The molecule has 0 saturated carbocycles. The van der Waals surface area contributed by atoms with Crippen molar-refractivity contribution in [3.63, 3.8) is 0 Å². The SMILES string of the molecule is CCC(NCC(C)O)c1ccccc1O. The number of hydrogen-bond donors (Lipinski definition) is 3. The van der Waals surface area contributed by atoms with Gasteiger partial charge in [-0.25, -0.2) is 0 Å². The fraction of sp³-hybridized carbons (Fsp3) is 0.500. The molecule has 84 valence electrons. The average Bonchev–Trinajstić information content (AvgIpc) is 2.21. The number of aliphatic hydroxyl groups excluding tert-OH is 1. The topological polar surface area (TPSA) is 52.5 Å². The van der Waals surface area contributed by atoms with E-state index in [-0.39, 0.29) is 12.1 Å². The number of nitrogens with one attached hydrogen (secondary N) is 1. The monoisotopic (exact) mass is 209 g/mol. The molecule has 0 aliphatic carbocycles. The normalized spacial score (nSPS) is 14.9. The first-order valence-electron chi connectivity index (χ1n) is 5.34. The maximum Gasteiger partial charge on any atom is 0.120 e. The highest BCUT2D eigenvalue weighted by molar-refractivity contribution is 5.34. The molecular weight excluding hydrogens is 190 g/mol. The summed E-state index contributed by atoms with van der Waals surface area (Å²) in [5.41, 5.74) is 0.889. The van der Waals surface area contributed by atoms with Crippen LogP contribution in [0.4, 0.5) is 0 Å². The highest BCUT2D eigenvalue weighted by Crippen LogP contribution is 2.25. The van der Waals surface area contributed by atoms with Crippen LogP contribution in [0.25, 0.3) is 0 Å². The molecule has 0 radical (unpaired) electrons. The van der Waals surface area contributed by atoms with E-state index in [0.29, 0.717) is 12.3 Å². The zero-order valence-corrected chi connectivity index (χ0v) is 9.27. The van der Waals surface area contributed by atoms with Crippen LogP contribution in [-0.4, -0.2) is 22.9 Å². The molecule has 0 spiro atoms. The van der Waals surface area contributed by atoms with E-state index in [1.54, 1.807) is 19.1 Å². The fourth-order valence-electron chi connectivity index (χ4n) is 1.57. The Balaban J connectivity index is 2.70. The Bertz CT molecular complexity index is 299. The molecule has 0 aliphatic rings. The summed E-state index contributed by atoms with van der Waals surface area (Å²) in [6.45, 7) is 4.32. The van der Waals surface area contributed by atoms with Crippen molar-refractivity contribution >= 4 is 0 Å². The van der Waals surface area contributed by atoms with E-state index in [1.165, 1.54) is 0 Å². The molecule has 0 aromatic heterocycles. The summed E-state index contributed by atoms with van der Waals surface area (Å²) < 4.78 is 0. The second kappa shape index (κ2) is 5.73. The van der Waals surface area contributed by atoms with Crippen molar-refractivity contribution in [1.29, 1.82) is 0 Å². The number of para-hydroxylation sites is 1. The summed E-state index contributed by atoms with van der Waals surface area (Å²) in [4.78, 5) is 0. The lowest BCUT2D eigenvalue weighted by Crippen LogP contribution is -2.28. The minimum absolute atomic E-state index is 0.0980. The lowest BCUT2D eigenvalue weighted by molar-refractivity contribution is 0.185. The van der Waals surface area contributed by atoms with Gasteiger partial charge < -0.3 is 15.5 Å². The Morgan fingerprint density at radius 3 is 2.53 bits per heavy atom. The molecule has 3 heteroatoms. The van der Waals surface area contributed by atoms with Crippen molar-refractivity contribution in [2.75, 3.05) is 6.54 Å². The second-order valence-electron chi connectivity index (χ2n) is 3.78. The number of phenols is 1. The van der Waals surface area contributed by atoms with E-state index in [9.17, 15) is 10.2 Å². The Morgan fingerprint density at radius 2 is 2.00 bits per heavy atom. The highest BCUT2D eigenvalue weighted by atomic mass is 16.3. The average molecular weight is 209 g/mol. The molecule has 0 bridgehead atoms. The van der Waals surface area contributed by atoms with Crippen molar-refractivity contribution in [1.82, 2.24) is 5.32 Å². The Kier molecular flexibility index (Phi) is 4.59. The van der Waals surface area contributed by atoms with Gasteiger partial charge in [0.05, 0.1) is 6.10 Å². The third kappa shape index (κ3) is 3.53. The molecular formula is C12H19NO2. The standard InChI is InChI=1S/C12H19NO2/c1-3-11(13-8-9(2)14)10-6-4-5-7-12(10)15/h4-7,9,11,13-15H,3,8H2,1-2H3. The van der Waals surface area contributed by atoms with Crippen LogP contribution in [-0.2, 0) is 0 Å². The molecule has 1 aromatic carbocycles. The van der Waals surface area contributed by atoms with Crippen LogP contribution in [0.1, 0.15) is 31.9 Å². The summed E-state index contributed by atoms with van der Waals surface area (Å²) >= 11 is 0. The van der Waals surface area contributed by atoms with E-state index in [4.69, 9.17) is 0 Å². The largest absolute Gasteiger partial charge is 0.508 e. The van der Waals surface area contributed by atoms with Gasteiger partial charge in [-0.3, -0.25) is 0 Å². The van der Waals surface area contributed by atoms with Crippen LogP contribution in [0, 0.1) is 0 Å². The second-order valence-corrected chi connectivity index (χ2v) is 3.78. The van der Waals surface area contributed by atoms with Crippen LogP contribution in [0.5, 0.6) is 5.75 Å². The molecule has 0 saturated heterocycles. The van der Waals surface area contributed by atoms with Crippen LogP contribution in [0.15, 0.2) is 24.3 Å². The third-order valence-corrected chi connectivity index (χ3v) is 2.38. The number of aliphatic hydroxyl groups is 1. The molecule has 2 unspecified atom stereocenters.